The minimum atomic E-state index is -0.810. The molecule has 5 nitrogen and oxygen atoms in total. The first kappa shape index (κ1) is 18.6. The summed E-state index contributed by atoms with van der Waals surface area (Å²) in [7, 11) is 1.33. The number of fused-ring (bicyclic) bond motifs is 2. The smallest absolute Gasteiger partial charge is 0.328 e. The van der Waals surface area contributed by atoms with Gasteiger partial charge in [0.05, 0.1) is 7.11 Å². The molecule has 3 aromatic carbocycles. The van der Waals surface area contributed by atoms with Crippen molar-refractivity contribution in [3.05, 3.63) is 90.3 Å². The number of rotatable bonds is 5. The van der Waals surface area contributed by atoms with Gasteiger partial charge in [-0.2, -0.15) is 0 Å². The third-order valence-electron chi connectivity index (χ3n) is 5.02. The van der Waals surface area contributed by atoms with Crippen LogP contribution in [0.4, 0.5) is 0 Å². The fourth-order valence-corrected chi connectivity index (χ4v) is 3.61. The molecule has 1 N–H and O–H groups in total. The van der Waals surface area contributed by atoms with Gasteiger partial charge >= 0.3 is 5.97 Å². The topological polar surface area (TPSA) is 68.3 Å². The van der Waals surface area contributed by atoms with Gasteiger partial charge in [0.1, 0.15) is 6.04 Å². The summed E-state index contributed by atoms with van der Waals surface area (Å²) >= 11 is 0. The molecule has 144 valence electrons. The Labute approximate surface area is 168 Å². The summed E-state index contributed by atoms with van der Waals surface area (Å²) < 4.78 is 4.98. The van der Waals surface area contributed by atoms with E-state index in [2.05, 4.69) is 16.4 Å². The summed E-state index contributed by atoms with van der Waals surface area (Å²) in [6.45, 7) is 0. The molecule has 0 saturated heterocycles. The summed E-state index contributed by atoms with van der Waals surface area (Å²) in [5, 5.41) is 7.10. The van der Waals surface area contributed by atoms with E-state index in [1.807, 2.05) is 48.5 Å². The summed E-state index contributed by atoms with van der Waals surface area (Å²) in [5.74, 6) is -0.822. The predicted octanol–water partition coefficient (Wildman–Crippen LogP) is 3.90. The number of carbonyl (C=O) groups is 2. The van der Waals surface area contributed by atoms with E-state index in [0.717, 1.165) is 27.1 Å². The van der Waals surface area contributed by atoms with Gasteiger partial charge in [-0.05, 0) is 45.3 Å². The van der Waals surface area contributed by atoms with Crippen molar-refractivity contribution in [1.29, 1.82) is 0 Å². The van der Waals surface area contributed by atoms with Crippen LogP contribution in [0.5, 0.6) is 0 Å². The van der Waals surface area contributed by atoms with Crippen LogP contribution >= 0.6 is 0 Å². The molecule has 1 atom stereocenters. The number of hydrogen-bond donors (Lipinski definition) is 1. The molecular formula is C24H20N2O3. The van der Waals surface area contributed by atoms with Gasteiger partial charge in [0.15, 0.2) is 0 Å². The second kappa shape index (κ2) is 8.10. The lowest BCUT2D eigenvalue weighted by Crippen LogP contribution is -2.43. The standard InChI is InChI=1S/C24H20N2O3/c1-29-24(28)22(26-23(27)16-10-12-25-13-11-16)15-21-19-8-4-2-6-17(19)14-18-7-3-5-9-20(18)21/h2-14,22H,15H2,1H3,(H,26,27)/t22-/m0/s1. The largest absolute Gasteiger partial charge is 0.467 e. The van der Waals surface area contributed by atoms with E-state index >= 15 is 0 Å². The Hall–Kier alpha value is -3.73. The second-order valence-electron chi connectivity index (χ2n) is 6.79. The molecule has 5 heteroatoms. The number of ether oxygens (including phenoxy) is 1. The molecule has 0 fully saturated rings. The number of aromatic nitrogens is 1. The molecular weight excluding hydrogens is 364 g/mol. The molecule has 0 radical (unpaired) electrons. The summed E-state index contributed by atoms with van der Waals surface area (Å²) in [5.41, 5.74) is 1.45. The number of carbonyl (C=O) groups excluding carboxylic acids is 2. The fourth-order valence-electron chi connectivity index (χ4n) is 3.61. The molecule has 0 aliphatic rings. The highest BCUT2D eigenvalue weighted by molar-refractivity contribution is 6.03. The van der Waals surface area contributed by atoms with Gasteiger partial charge in [0, 0.05) is 24.4 Å². The molecule has 1 aromatic heterocycles. The Morgan fingerprint density at radius 3 is 2.10 bits per heavy atom. The summed E-state index contributed by atoms with van der Waals surface area (Å²) in [6.07, 6.45) is 3.41. The second-order valence-corrected chi connectivity index (χ2v) is 6.79. The molecule has 0 aliphatic heterocycles. The fraction of sp³-hybridized carbons (Fsp3) is 0.125. The van der Waals surface area contributed by atoms with Gasteiger partial charge in [-0.25, -0.2) is 4.79 Å². The number of nitrogens with one attached hydrogen (secondary N) is 1. The molecule has 0 spiro atoms. The lowest BCUT2D eigenvalue weighted by molar-refractivity contribution is -0.142. The lowest BCUT2D eigenvalue weighted by Gasteiger charge is -2.19. The Morgan fingerprint density at radius 1 is 0.931 bits per heavy atom. The van der Waals surface area contributed by atoms with Crippen molar-refractivity contribution in [3.63, 3.8) is 0 Å². The highest BCUT2D eigenvalue weighted by Crippen LogP contribution is 2.29. The van der Waals surface area contributed by atoms with Crippen LogP contribution in [-0.4, -0.2) is 30.0 Å². The van der Waals surface area contributed by atoms with Crippen LogP contribution < -0.4 is 5.32 Å². The zero-order chi connectivity index (χ0) is 20.2. The van der Waals surface area contributed by atoms with Crippen molar-refractivity contribution in [3.8, 4) is 0 Å². The first-order chi connectivity index (χ1) is 14.2. The number of amides is 1. The average molecular weight is 384 g/mol. The molecule has 1 amide bonds. The number of methoxy groups -OCH3 is 1. The van der Waals surface area contributed by atoms with E-state index < -0.39 is 12.0 Å². The Morgan fingerprint density at radius 2 is 1.52 bits per heavy atom. The Bertz CT molecular complexity index is 1130. The normalized spacial score (nSPS) is 11.9. The van der Waals surface area contributed by atoms with Crippen molar-refractivity contribution in [1.82, 2.24) is 10.3 Å². The first-order valence-electron chi connectivity index (χ1n) is 9.35. The van der Waals surface area contributed by atoms with Gasteiger partial charge in [-0.3, -0.25) is 9.78 Å². The number of pyridine rings is 1. The van der Waals surface area contributed by atoms with Crippen LogP contribution in [0.3, 0.4) is 0 Å². The summed E-state index contributed by atoms with van der Waals surface area (Å²) in [4.78, 5) is 29.1. The number of nitrogens with zero attached hydrogens (tertiary/aromatic N) is 1. The van der Waals surface area contributed by atoms with Gasteiger partial charge in [-0.15, -0.1) is 0 Å². The van der Waals surface area contributed by atoms with E-state index in [9.17, 15) is 9.59 Å². The maximum atomic E-state index is 12.6. The van der Waals surface area contributed by atoms with E-state index in [1.54, 1.807) is 24.5 Å². The Kier molecular flexibility index (Phi) is 5.20. The average Bonchev–Trinajstić information content (AvgIpc) is 2.78. The van der Waals surface area contributed by atoms with Crippen molar-refractivity contribution < 1.29 is 14.3 Å². The molecule has 0 unspecified atom stereocenters. The maximum absolute atomic E-state index is 12.6. The van der Waals surface area contributed by atoms with Crippen molar-refractivity contribution in [2.75, 3.05) is 7.11 Å². The van der Waals surface area contributed by atoms with Crippen LogP contribution in [0.15, 0.2) is 79.1 Å². The molecule has 29 heavy (non-hydrogen) atoms. The summed E-state index contributed by atoms with van der Waals surface area (Å²) in [6, 6.07) is 20.6. The quantitative estimate of drug-likeness (QED) is 0.419. The zero-order valence-corrected chi connectivity index (χ0v) is 16.0. The van der Waals surface area contributed by atoms with Crippen LogP contribution in [0.25, 0.3) is 21.5 Å². The van der Waals surface area contributed by atoms with Gasteiger partial charge in [-0.1, -0.05) is 48.5 Å². The van der Waals surface area contributed by atoms with Crippen molar-refractivity contribution in [2.45, 2.75) is 12.5 Å². The van der Waals surface area contributed by atoms with E-state index in [1.165, 1.54) is 7.11 Å². The SMILES string of the molecule is COC(=O)[C@H](Cc1c2ccccc2cc2ccccc12)NC(=O)c1ccncc1. The zero-order valence-electron chi connectivity index (χ0n) is 16.0. The van der Waals surface area contributed by atoms with Crippen LogP contribution in [-0.2, 0) is 16.0 Å². The number of hydrogen-bond acceptors (Lipinski definition) is 4. The molecule has 4 rings (SSSR count). The molecule has 0 saturated carbocycles. The van der Waals surface area contributed by atoms with E-state index in [-0.39, 0.29) is 5.91 Å². The van der Waals surface area contributed by atoms with Crippen molar-refractivity contribution in [2.24, 2.45) is 0 Å². The molecule has 1 heterocycles. The molecule has 0 aliphatic carbocycles. The van der Waals surface area contributed by atoms with Gasteiger partial charge < -0.3 is 10.1 Å². The maximum Gasteiger partial charge on any atom is 0.328 e. The van der Waals surface area contributed by atoms with E-state index in [0.29, 0.717) is 12.0 Å². The molecule has 0 bridgehead atoms. The highest BCUT2D eigenvalue weighted by Gasteiger charge is 2.24. The monoisotopic (exact) mass is 384 g/mol. The third kappa shape index (κ3) is 3.80. The highest BCUT2D eigenvalue weighted by atomic mass is 16.5. The molecule has 4 aromatic rings. The number of benzene rings is 3. The third-order valence-corrected chi connectivity index (χ3v) is 5.02. The minimum Gasteiger partial charge on any atom is -0.467 e. The Balaban J connectivity index is 1.76. The minimum absolute atomic E-state index is 0.325. The number of esters is 1. The van der Waals surface area contributed by atoms with Crippen LogP contribution in [0, 0.1) is 0 Å². The van der Waals surface area contributed by atoms with Crippen LogP contribution in [0.1, 0.15) is 15.9 Å². The van der Waals surface area contributed by atoms with Crippen molar-refractivity contribution >= 4 is 33.4 Å². The first-order valence-corrected chi connectivity index (χ1v) is 9.35. The lowest BCUT2D eigenvalue weighted by atomic mass is 9.92. The van der Waals surface area contributed by atoms with Crippen LogP contribution in [0.2, 0.25) is 0 Å². The van der Waals surface area contributed by atoms with E-state index in [4.69, 9.17) is 4.74 Å². The van der Waals surface area contributed by atoms with Gasteiger partial charge in [0.2, 0.25) is 0 Å². The van der Waals surface area contributed by atoms with Gasteiger partial charge in [0.25, 0.3) is 5.91 Å². The predicted molar refractivity (Wildman–Crippen MR) is 113 cm³/mol.